The van der Waals surface area contributed by atoms with E-state index in [0.29, 0.717) is 12.2 Å². The highest BCUT2D eigenvalue weighted by Crippen LogP contribution is 2.11. The Morgan fingerprint density at radius 3 is 2.40 bits per heavy atom. The van der Waals surface area contributed by atoms with Gasteiger partial charge >= 0.3 is 0 Å². The summed E-state index contributed by atoms with van der Waals surface area (Å²) >= 11 is 0. The largest absolute Gasteiger partial charge is 0.381 e. The highest BCUT2D eigenvalue weighted by atomic mass is 16.5. The lowest BCUT2D eigenvalue weighted by Gasteiger charge is -2.24. The number of ether oxygens (including phenoxy) is 2. The molecule has 1 aliphatic rings. The van der Waals surface area contributed by atoms with Crippen LogP contribution in [0, 0.1) is 0 Å². The molecule has 1 rings (SSSR count). The van der Waals surface area contributed by atoms with E-state index in [2.05, 4.69) is 13.8 Å². The van der Waals surface area contributed by atoms with Crippen LogP contribution in [0.2, 0.25) is 0 Å². The average molecular weight is 144 g/mol. The van der Waals surface area contributed by atoms with Gasteiger partial charge in [0.1, 0.15) is 0 Å². The molecule has 1 heterocycles. The maximum Gasteiger partial charge on any atom is 0.0622 e. The topological polar surface area (TPSA) is 18.5 Å². The summed E-state index contributed by atoms with van der Waals surface area (Å²) in [6.45, 7) is 5.90. The van der Waals surface area contributed by atoms with Gasteiger partial charge in [-0.3, -0.25) is 0 Å². The minimum absolute atomic E-state index is 0.364. The lowest BCUT2D eigenvalue weighted by atomic mass is 10.1. The molecule has 1 fully saturated rings. The van der Waals surface area contributed by atoms with Gasteiger partial charge in [0.15, 0.2) is 0 Å². The molecule has 60 valence electrons. The molecule has 0 unspecified atom stereocenters. The first-order valence-corrected chi connectivity index (χ1v) is 4.02. The molecule has 10 heavy (non-hydrogen) atoms. The van der Waals surface area contributed by atoms with Crippen LogP contribution >= 0.6 is 0 Å². The summed E-state index contributed by atoms with van der Waals surface area (Å²) in [5.74, 6) is 0. The predicted molar refractivity (Wildman–Crippen MR) is 40.1 cm³/mol. The molecule has 0 aromatic rings. The molecule has 1 saturated heterocycles. The second-order valence-corrected chi connectivity index (χ2v) is 3.00. The maximum atomic E-state index is 5.61. The highest BCUT2D eigenvalue weighted by Gasteiger charge is 2.14. The van der Waals surface area contributed by atoms with Gasteiger partial charge in [-0.25, -0.2) is 0 Å². The zero-order chi connectivity index (χ0) is 7.40. The van der Waals surface area contributed by atoms with Crippen molar-refractivity contribution >= 4 is 0 Å². The van der Waals surface area contributed by atoms with Gasteiger partial charge in [0.2, 0.25) is 0 Å². The minimum Gasteiger partial charge on any atom is -0.381 e. The lowest BCUT2D eigenvalue weighted by Crippen LogP contribution is -2.25. The van der Waals surface area contributed by atoms with Crippen molar-refractivity contribution in [1.29, 1.82) is 0 Å². The van der Waals surface area contributed by atoms with Gasteiger partial charge in [-0.1, -0.05) is 0 Å². The van der Waals surface area contributed by atoms with E-state index >= 15 is 0 Å². The lowest BCUT2D eigenvalue weighted by molar-refractivity contribution is -0.0563. The molecular formula is C8H16O2. The van der Waals surface area contributed by atoms with E-state index in [1.54, 1.807) is 0 Å². The van der Waals surface area contributed by atoms with Crippen LogP contribution < -0.4 is 0 Å². The Morgan fingerprint density at radius 2 is 1.90 bits per heavy atom. The van der Waals surface area contributed by atoms with E-state index < -0.39 is 0 Å². The Hall–Kier alpha value is -0.0800. The van der Waals surface area contributed by atoms with Crippen LogP contribution in [0.15, 0.2) is 0 Å². The molecule has 2 nitrogen and oxygen atoms in total. The van der Waals surface area contributed by atoms with Crippen molar-refractivity contribution < 1.29 is 9.47 Å². The molecule has 0 amide bonds. The third kappa shape index (κ3) is 2.67. The molecule has 0 atom stereocenters. The van der Waals surface area contributed by atoms with E-state index in [9.17, 15) is 0 Å². The molecule has 0 spiro atoms. The molecule has 0 bridgehead atoms. The van der Waals surface area contributed by atoms with Crippen molar-refractivity contribution in [2.75, 3.05) is 13.2 Å². The molecule has 0 aromatic carbocycles. The van der Waals surface area contributed by atoms with Gasteiger partial charge in [-0.15, -0.1) is 0 Å². The summed E-state index contributed by atoms with van der Waals surface area (Å²) in [7, 11) is 0. The van der Waals surface area contributed by atoms with Crippen molar-refractivity contribution in [3.8, 4) is 0 Å². The summed E-state index contributed by atoms with van der Waals surface area (Å²) in [6, 6.07) is 0. The standard InChI is InChI=1S/C8H16O2/c1-7(2)10-8-3-5-9-6-4-8/h7-8H,3-6H2,1-2H3. The van der Waals surface area contributed by atoms with E-state index in [-0.39, 0.29) is 0 Å². The van der Waals surface area contributed by atoms with Crippen molar-refractivity contribution in [3.63, 3.8) is 0 Å². The van der Waals surface area contributed by atoms with E-state index in [0.717, 1.165) is 26.1 Å². The van der Waals surface area contributed by atoms with Gasteiger partial charge in [0.05, 0.1) is 12.2 Å². The molecule has 0 radical (unpaired) electrons. The molecule has 0 aliphatic carbocycles. The van der Waals surface area contributed by atoms with Gasteiger partial charge in [0.25, 0.3) is 0 Å². The molecule has 2 heteroatoms. The Bertz CT molecular complexity index is 85.3. The zero-order valence-electron chi connectivity index (χ0n) is 6.80. The Labute approximate surface area is 62.5 Å². The van der Waals surface area contributed by atoms with E-state index in [4.69, 9.17) is 9.47 Å². The summed E-state index contributed by atoms with van der Waals surface area (Å²) in [4.78, 5) is 0. The first kappa shape index (κ1) is 8.02. The van der Waals surface area contributed by atoms with Crippen LogP contribution in [0.5, 0.6) is 0 Å². The van der Waals surface area contributed by atoms with E-state index in [1.165, 1.54) is 0 Å². The van der Waals surface area contributed by atoms with E-state index in [1.807, 2.05) is 0 Å². The van der Waals surface area contributed by atoms with Crippen LogP contribution in [0.25, 0.3) is 0 Å². The second-order valence-electron chi connectivity index (χ2n) is 3.00. The average Bonchev–Trinajstić information content (AvgIpc) is 1.88. The second kappa shape index (κ2) is 3.94. The number of hydrogen-bond donors (Lipinski definition) is 0. The fourth-order valence-electron chi connectivity index (χ4n) is 1.20. The Balaban J connectivity index is 2.13. The third-order valence-electron chi connectivity index (χ3n) is 1.63. The van der Waals surface area contributed by atoms with Crippen molar-refractivity contribution in [3.05, 3.63) is 0 Å². The summed E-state index contributed by atoms with van der Waals surface area (Å²) in [5.41, 5.74) is 0. The fraction of sp³-hybridized carbons (Fsp3) is 1.00. The smallest absolute Gasteiger partial charge is 0.0622 e. The van der Waals surface area contributed by atoms with Crippen LogP contribution in [-0.2, 0) is 9.47 Å². The molecule has 0 saturated carbocycles. The summed E-state index contributed by atoms with van der Waals surface area (Å²) < 4.78 is 10.8. The fourth-order valence-corrected chi connectivity index (χ4v) is 1.20. The van der Waals surface area contributed by atoms with Gasteiger partial charge in [0, 0.05) is 13.2 Å². The van der Waals surface area contributed by atoms with Crippen LogP contribution in [0.3, 0.4) is 0 Å². The van der Waals surface area contributed by atoms with Crippen LogP contribution in [0.1, 0.15) is 26.7 Å². The van der Waals surface area contributed by atoms with Gasteiger partial charge in [-0.2, -0.15) is 0 Å². The van der Waals surface area contributed by atoms with Crippen molar-refractivity contribution in [1.82, 2.24) is 0 Å². The van der Waals surface area contributed by atoms with Crippen LogP contribution in [0.4, 0.5) is 0 Å². The molecule has 1 aliphatic heterocycles. The van der Waals surface area contributed by atoms with Crippen LogP contribution in [-0.4, -0.2) is 25.4 Å². The maximum absolute atomic E-state index is 5.61. The normalized spacial score (nSPS) is 21.9. The zero-order valence-corrected chi connectivity index (χ0v) is 6.80. The van der Waals surface area contributed by atoms with Gasteiger partial charge in [-0.05, 0) is 26.7 Å². The van der Waals surface area contributed by atoms with Crippen molar-refractivity contribution in [2.45, 2.75) is 38.9 Å². The Kier molecular flexibility index (Phi) is 3.16. The molecule has 0 aromatic heterocycles. The van der Waals surface area contributed by atoms with Gasteiger partial charge < -0.3 is 9.47 Å². The Morgan fingerprint density at radius 1 is 1.30 bits per heavy atom. The highest BCUT2D eigenvalue weighted by molar-refractivity contribution is 4.62. The quantitative estimate of drug-likeness (QED) is 0.586. The summed E-state index contributed by atoms with van der Waals surface area (Å²) in [5, 5.41) is 0. The minimum atomic E-state index is 0.364. The first-order chi connectivity index (χ1) is 4.79. The number of hydrogen-bond acceptors (Lipinski definition) is 2. The SMILES string of the molecule is CC(C)OC1CCOCC1. The number of rotatable bonds is 2. The summed E-state index contributed by atoms with van der Waals surface area (Å²) in [6.07, 6.45) is 2.95. The first-order valence-electron chi connectivity index (χ1n) is 4.02. The molecular weight excluding hydrogens is 128 g/mol. The van der Waals surface area contributed by atoms with Crippen molar-refractivity contribution in [2.24, 2.45) is 0 Å². The third-order valence-corrected chi connectivity index (χ3v) is 1.63. The molecule has 0 N–H and O–H groups in total. The predicted octanol–water partition coefficient (Wildman–Crippen LogP) is 1.59. The monoisotopic (exact) mass is 144 g/mol.